The first kappa shape index (κ1) is 12.0. The molecule has 1 aliphatic rings. The predicted octanol–water partition coefficient (Wildman–Crippen LogP) is 3.30. The third-order valence-electron chi connectivity index (χ3n) is 2.53. The van der Waals surface area contributed by atoms with Crippen LogP contribution in [0.5, 0.6) is 0 Å². The minimum Gasteiger partial charge on any atom is -0.322 e. The van der Waals surface area contributed by atoms with Crippen LogP contribution in [0.4, 0.5) is 0 Å². The number of benzene rings is 1. The van der Waals surface area contributed by atoms with Gasteiger partial charge in [-0.1, -0.05) is 24.3 Å². The summed E-state index contributed by atoms with van der Waals surface area (Å²) >= 11 is 0. The first-order valence-corrected chi connectivity index (χ1v) is 6.85. The summed E-state index contributed by atoms with van der Waals surface area (Å²) in [6, 6.07) is 8.54. The molecule has 0 unspecified atom stereocenters. The van der Waals surface area contributed by atoms with Gasteiger partial charge in [-0.2, -0.15) is 0 Å². The van der Waals surface area contributed by atoms with Gasteiger partial charge in [-0.05, 0) is 25.0 Å². The molecule has 4 heteroatoms. The molecule has 0 spiro atoms. The highest BCUT2D eigenvalue weighted by atomic mass is 31.2. The summed E-state index contributed by atoms with van der Waals surface area (Å²) in [5.74, 6) is 0. The Hall–Kier alpha value is -0.470. The van der Waals surface area contributed by atoms with Crippen LogP contribution in [0, 0.1) is 0 Å². The lowest BCUT2D eigenvalue weighted by atomic mass is 10.1. The van der Waals surface area contributed by atoms with E-state index >= 15 is 0 Å². The maximum Gasteiger partial charge on any atom is 0.259 e. The lowest BCUT2D eigenvalue weighted by Crippen LogP contribution is -2.13. The lowest BCUT2D eigenvalue weighted by Gasteiger charge is -2.24. The van der Waals surface area contributed by atoms with Crippen LogP contribution in [0.2, 0.25) is 0 Å². The van der Waals surface area contributed by atoms with Crippen LogP contribution in [0.3, 0.4) is 0 Å². The Kier molecular flexibility index (Phi) is 4.30. The van der Waals surface area contributed by atoms with Crippen molar-refractivity contribution < 1.29 is 9.05 Å². The number of hydrogen-bond acceptors (Lipinski definition) is 3. The van der Waals surface area contributed by atoms with E-state index in [9.17, 15) is 0 Å². The molecule has 16 heavy (non-hydrogen) atoms. The molecule has 0 N–H and O–H groups in total. The molecule has 3 nitrogen and oxygen atoms in total. The maximum absolute atomic E-state index is 5.67. The molecule has 88 valence electrons. The van der Waals surface area contributed by atoms with Crippen molar-refractivity contribution in [1.82, 2.24) is 4.67 Å². The molecular formula is C12H18NO2P. The van der Waals surface area contributed by atoms with Crippen molar-refractivity contribution in [3.05, 3.63) is 35.4 Å². The molecule has 0 radical (unpaired) electrons. The molecular weight excluding hydrogens is 221 g/mol. The van der Waals surface area contributed by atoms with Gasteiger partial charge in [0.15, 0.2) is 0 Å². The van der Waals surface area contributed by atoms with Crippen LogP contribution >= 0.6 is 8.53 Å². The zero-order valence-electron chi connectivity index (χ0n) is 9.85. The van der Waals surface area contributed by atoms with E-state index in [0.717, 1.165) is 13.1 Å². The molecule has 0 bridgehead atoms. The van der Waals surface area contributed by atoms with Crippen molar-refractivity contribution in [2.45, 2.75) is 26.9 Å². The van der Waals surface area contributed by atoms with Crippen LogP contribution < -0.4 is 0 Å². The Morgan fingerprint density at radius 1 is 1.06 bits per heavy atom. The fourth-order valence-corrected chi connectivity index (χ4v) is 3.23. The van der Waals surface area contributed by atoms with E-state index in [1.807, 2.05) is 13.8 Å². The topological polar surface area (TPSA) is 21.7 Å². The summed E-state index contributed by atoms with van der Waals surface area (Å²) in [5.41, 5.74) is 2.80. The van der Waals surface area contributed by atoms with Crippen molar-refractivity contribution in [2.24, 2.45) is 0 Å². The van der Waals surface area contributed by atoms with Gasteiger partial charge in [-0.15, -0.1) is 0 Å². The van der Waals surface area contributed by atoms with Gasteiger partial charge in [0.05, 0.1) is 13.2 Å². The van der Waals surface area contributed by atoms with Crippen molar-refractivity contribution >= 4 is 8.53 Å². The van der Waals surface area contributed by atoms with Gasteiger partial charge < -0.3 is 9.05 Å². The van der Waals surface area contributed by atoms with Crippen LogP contribution in [-0.2, 0) is 22.1 Å². The zero-order valence-corrected chi connectivity index (χ0v) is 10.7. The van der Waals surface area contributed by atoms with Crippen molar-refractivity contribution in [3.8, 4) is 0 Å². The number of hydrogen-bond donors (Lipinski definition) is 0. The average Bonchev–Trinajstić information content (AvgIpc) is 2.72. The van der Waals surface area contributed by atoms with Crippen molar-refractivity contribution in [3.63, 3.8) is 0 Å². The Morgan fingerprint density at radius 2 is 1.56 bits per heavy atom. The van der Waals surface area contributed by atoms with Crippen LogP contribution in [0.1, 0.15) is 25.0 Å². The van der Waals surface area contributed by atoms with Crippen LogP contribution in [0.25, 0.3) is 0 Å². The summed E-state index contributed by atoms with van der Waals surface area (Å²) in [4.78, 5) is 0. The minimum absolute atomic E-state index is 0.707. The normalized spacial score (nSPS) is 15.7. The first-order chi connectivity index (χ1) is 7.85. The molecule has 1 aromatic carbocycles. The summed E-state index contributed by atoms with van der Waals surface area (Å²) in [6.45, 7) is 7.33. The quantitative estimate of drug-likeness (QED) is 0.736. The Balaban J connectivity index is 2.02. The van der Waals surface area contributed by atoms with Crippen LogP contribution in [-0.4, -0.2) is 17.9 Å². The fourth-order valence-electron chi connectivity index (χ4n) is 1.85. The van der Waals surface area contributed by atoms with Gasteiger partial charge in [-0.25, -0.2) is 4.67 Å². The van der Waals surface area contributed by atoms with Gasteiger partial charge in [0.1, 0.15) is 0 Å². The first-order valence-electron chi connectivity index (χ1n) is 5.72. The van der Waals surface area contributed by atoms with Crippen molar-refractivity contribution in [1.29, 1.82) is 0 Å². The molecule has 0 atom stereocenters. The smallest absolute Gasteiger partial charge is 0.259 e. The van der Waals surface area contributed by atoms with E-state index in [2.05, 4.69) is 28.9 Å². The highest BCUT2D eigenvalue weighted by molar-refractivity contribution is 7.44. The maximum atomic E-state index is 5.67. The van der Waals surface area contributed by atoms with E-state index in [1.165, 1.54) is 11.1 Å². The van der Waals surface area contributed by atoms with Crippen LogP contribution in [0.15, 0.2) is 24.3 Å². The van der Waals surface area contributed by atoms with E-state index in [1.54, 1.807) is 0 Å². The largest absolute Gasteiger partial charge is 0.322 e. The molecule has 1 aromatic rings. The molecule has 2 rings (SSSR count). The molecule has 1 heterocycles. The van der Waals surface area contributed by atoms with Gasteiger partial charge in [0.2, 0.25) is 0 Å². The molecule has 0 amide bonds. The molecule has 0 aliphatic carbocycles. The summed E-state index contributed by atoms with van der Waals surface area (Å²) in [7, 11) is -0.875. The molecule has 0 saturated carbocycles. The van der Waals surface area contributed by atoms with Gasteiger partial charge in [0.25, 0.3) is 8.53 Å². The van der Waals surface area contributed by atoms with E-state index in [4.69, 9.17) is 9.05 Å². The van der Waals surface area contributed by atoms with Gasteiger partial charge in [-0.3, -0.25) is 0 Å². The van der Waals surface area contributed by atoms with Gasteiger partial charge >= 0.3 is 0 Å². The van der Waals surface area contributed by atoms with E-state index in [0.29, 0.717) is 13.2 Å². The Bertz CT molecular complexity index is 315. The Morgan fingerprint density at radius 3 is 2.00 bits per heavy atom. The number of fused-ring (bicyclic) bond motifs is 1. The predicted molar refractivity (Wildman–Crippen MR) is 65.9 cm³/mol. The highest BCUT2D eigenvalue weighted by Gasteiger charge is 2.27. The molecule has 0 aromatic heterocycles. The Labute approximate surface area is 98.3 Å². The zero-order chi connectivity index (χ0) is 11.4. The minimum atomic E-state index is -0.875. The third kappa shape index (κ3) is 2.61. The highest BCUT2D eigenvalue weighted by Crippen LogP contribution is 2.47. The van der Waals surface area contributed by atoms with E-state index in [-0.39, 0.29) is 0 Å². The SMILES string of the molecule is CCOP(OCC)N1Cc2ccccc2C1. The fraction of sp³-hybridized carbons (Fsp3) is 0.500. The molecule has 0 saturated heterocycles. The third-order valence-corrected chi connectivity index (χ3v) is 4.24. The van der Waals surface area contributed by atoms with E-state index < -0.39 is 8.53 Å². The summed E-state index contributed by atoms with van der Waals surface area (Å²) in [6.07, 6.45) is 0. The molecule has 1 aliphatic heterocycles. The second kappa shape index (κ2) is 5.74. The second-order valence-electron chi connectivity index (χ2n) is 3.66. The molecule has 0 fully saturated rings. The number of rotatable bonds is 5. The average molecular weight is 239 g/mol. The monoisotopic (exact) mass is 239 g/mol. The standard InChI is InChI=1S/C12H18NO2P/c1-3-14-16(15-4-2)13-9-11-7-5-6-8-12(11)10-13/h5-8H,3-4,9-10H2,1-2H3. The summed E-state index contributed by atoms with van der Waals surface area (Å²) in [5, 5.41) is 0. The second-order valence-corrected chi connectivity index (χ2v) is 5.22. The number of nitrogens with zero attached hydrogens (tertiary/aromatic N) is 1. The van der Waals surface area contributed by atoms with Gasteiger partial charge in [0, 0.05) is 13.1 Å². The van der Waals surface area contributed by atoms with Crippen molar-refractivity contribution in [2.75, 3.05) is 13.2 Å². The lowest BCUT2D eigenvalue weighted by molar-refractivity contribution is 0.218. The summed E-state index contributed by atoms with van der Waals surface area (Å²) < 4.78 is 13.6.